The van der Waals surface area contributed by atoms with Crippen LogP contribution in [0.15, 0.2) is 59.9 Å². The Bertz CT molecular complexity index is 757. The molecule has 8 heteroatoms. The Morgan fingerprint density at radius 2 is 1.95 bits per heavy atom. The van der Waals surface area contributed by atoms with Crippen molar-refractivity contribution in [3.05, 3.63) is 70.5 Å². The molecule has 0 bridgehead atoms. The summed E-state index contributed by atoms with van der Waals surface area (Å²) in [5.41, 5.74) is 1.09. The number of nitrogens with zero attached hydrogens (tertiary/aromatic N) is 5. The number of rotatable bonds is 5. The first-order valence-electron chi connectivity index (χ1n) is 6.42. The van der Waals surface area contributed by atoms with Gasteiger partial charge in [0.1, 0.15) is 5.03 Å². The van der Waals surface area contributed by atoms with Crippen molar-refractivity contribution in [2.75, 3.05) is 0 Å². The topological polar surface area (TPSA) is 86.7 Å². The monoisotopic (exact) mass is 313 g/mol. The summed E-state index contributed by atoms with van der Waals surface area (Å²) in [6, 6.07) is 12.0. The van der Waals surface area contributed by atoms with Crippen molar-refractivity contribution in [2.24, 2.45) is 0 Å². The first-order valence-corrected chi connectivity index (χ1v) is 7.41. The van der Waals surface area contributed by atoms with Crippen molar-refractivity contribution >= 4 is 17.4 Å². The molecule has 3 rings (SSSR count). The first kappa shape index (κ1) is 14.2. The fourth-order valence-corrected chi connectivity index (χ4v) is 2.56. The van der Waals surface area contributed by atoms with E-state index < -0.39 is 4.92 Å². The molecule has 2 heterocycles. The minimum Gasteiger partial charge on any atom is -0.258 e. The van der Waals surface area contributed by atoms with Gasteiger partial charge in [-0.3, -0.25) is 10.1 Å². The number of thioether (sulfide) groups is 1. The minimum atomic E-state index is -0.406. The third-order valence-electron chi connectivity index (χ3n) is 2.90. The number of hydrogen-bond donors (Lipinski definition) is 0. The van der Waals surface area contributed by atoms with Crippen LogP contribution in [0.5, 0.6) is 0 Å². The average molecular weight is 313 g/mol. The van der Waals surface area contributed by atoms with Crippen molar-refractivity contribution in [3.8, 4) is 5.82 Å². The van der Waals surface area contributed by atoms with Crippen LogP contribution >= 0.6 is 11.8 Å². The average Bonchev–Trinajstić information content (AvgIpc) is 3.08. The summed E-state index contributed by atoms with van der Waals surface area (Å²) in [4.78, 5) is 10.2. The van der Waals surface area contributed by atoms with E-state index in [1.54, 1.807) is 29.2 Å². The molecule has 0 amide bonds. The van der Waals surface area contributed by atoms with Crippen LogP contribution < -0.4 is 0 Å². The maximum atomic E-state index is 10.6. The number of hydrogen-bond acceptors (Lipinski definition) is 6. The molecule has 0 atom stereocenters. The van der Waals surface area contributed by atoms with Crippen molar-refractivity contribution in [2.45, 2.75) is 10.8 Å². The molecule has 7 nitrogen and oxygen atoms in total. The van der Waals surface area contributed by atoms with E-state index in [0.717, 1.165) is 10.6 Å². The molecule has 0 saturated heterocycles. The van der Waals surface area contributed by atoms with E-state index in [1.165, 1.54) is 23.9 Å². The summed E-state index contributed by atoms with van der Waals surface area (Å²) in [6.07, 6.45) is 3.48. The maximum absolute atomic E-state index is 10.6. The van der Waals surface area contributed by atoms with Gasteiger partial charge in [-0.2, -0.15) is 5.10 Å². The Morgan fingerprint density at radius 3 is 2.55 bits per heavy atom. The Balaban J connectivity index is 1.63. The van der Waals surface area contributed by atoms with Crippen LogP contribution in [0.2, 0.25) is 0 Å². The quantitative estimate of drug-likeness (QED) is 0.409. The van der Waals surface area contributed by atoms with Crippen LogP contribution in [0.1, 0.15) is 5.56 Å². The summed E-state index contributed by atoms with van der Waals surface area (Å²) in [5, 5.41) is 23.7. The normalized spacial score (nSPS) is 10.5. The van der Waals surface area contributed by atoms with Crippen LogP contribution in [0, 0.1) is 10.1 Å². The minimum absolute atomic E-state index is 0.0946. The zero-order valence-corrected chi connectivity index (χ0v) is 12.2. The van der Waals surface area contributed by atoms with Crippen molar-refractivity contribution in [3.63, 3.8) is 0 Å². The van der Waals surface area contributed by atoms with Crippen molar-refractivity contribution in [1.29, 1.82) is 0 Å². The molecule has 0 radical (unpaired) electrons. The second-order valence-corrected chi connectivity index (χ2v) is 5.39. The number of non-ortho nitro benzene ring substituents is 1. The zero-order chi connectivity index (χ0) is 15.4. The Labute approximate surface area is 130 Å². The Hall–Kier alpha value is -2.74. The van der Waals surface area contributed by atoms with E-state index in [1.807, 2.05) is 18.2 Å². The molecule has 0 aliphatic heterocycles. The molecule has 3 aromatic rings. The lowest BCUT2D eigenvalue weighted by molar-refractivity contribution is -0.384. The van der Waals surface area contributed by atoms with Crippen LogP contribution in [0.3, 0.4) is 0 Å². The zero-order valence-electron chi connectivity index (χ0n) is 11.4. The smallest absolute Gasteiger partial charge is 0.258 e. The summed E-state index contributed by atoms with van der Waals surface area (Å²) >= 11 is 1.52. The molecule has 110 valence electrons. The van der Waals surface area contributed by atoms with Gasteiger partial charge >= 0.3 is 0 Å². The van der Waals surface area contributed by atoms with Crippen molar-refractivity contribution < 1.29 is 4.92 Å². The lowest BCUT2D eigenvalue weighted by Gasteiger charge is -2.02. The van der Waals surface area contributed by atoms with Crippen LogP contribution in [0.25, 0.3) is 5.82 Å². The number of nitro benzene ring substituents is 1. The van der Waals surface area contributed by atoms with Gasteiger partial charge in [0, 0.05) is 30.3 Å². The van der Waals surface area contributed by atoms with Gasteiger partial charge in [-0.05, 0) is 23.8 Å². The van der Waals surface area contributed by atoms with Gasteiger partial charge in [0.05, 0.1) is 4.92 Å². The number of nitro groups is 1. The van der Waals surface area contributed by atoms with Gasteiger partial charge in [-0.15, -0.1) is 10.2 Å². The molecular weight excluding hydrogens is 302 g/mol. The molecular formula is C14H11N5O2S. The highest BCUT2D eigenvalue weighted by Gasteiger charge is 2.05. The predicted octanol–water partition coefficient (Wildman–Crippen LogP) is 2.86. The standard InChI is InChI=1S/C14H11N5O2S/c20-19(21)12-4-2-11(3-5-12)10-22-14-7-6-13(16-17-14)18-9-1-8-15-18/h1-9H,10H2. The molecule has 0 aliphatic carbocycles. The Morgan fingerprint density at radius 1 is 1.14 bits per heavy atom. The van der Waals surface area contributed by atoms with Gasteiger partial charge in [0.2, 0.25) is 0 Å². The molecule has 0 saturated carbocycles. The highest BCUT2D eigenvalue weighted by atomic mass is 32.2. The molecule has 0 N–H and O–H groups in total. The first-order chi connectivity index (χ1) is 10.7. The fourth-order valence-electron chi connectivity index (χ4n) is 1.79. The maximum Gasteiger partial charge on any atom is 0.269 e. The van der Waals surface area contributed by atoms with Gasteiger partial charge in [0.25, 0.3) is 5.69 Å². The van der Waals surface area contributed by atoms with Gasteiger partial charge < -0.3 is 0 Å². The Kier molecular flexibility index (Phi) is 4.10. The second-order valence-electron chi connectivity index (χ2n) is 4.39. The summed E-state index contributed by atoms with van der Waals surface area (Å²) in [7, 11) is 0. The molecule has 1 aromatic carbocycles. The molecule has 22 heavy (non-hydrogen) atoms. The van der Waals surface area contributed by atoms with E-state index >= 15 is 0 Å². The van der Waals surface area contributed by atoms with Gasteiger partial charge in [-0.1, -0.05) is 23.9 Å². The molecule has 0 unspecified atom stereocenters. The van der Waals surface area contributed by atoms with Gasteiger partial charge in [0.15, 0.2) is 5.82 Å². The van der Waals surface area contributed by atoms with E-state index in [0.29, 0.717) is 11.6 Å². The third-order valence-corrected chi connectivity index (χ3v) is 3.89. The van der Waals surface area contributed by atoms with E-state index in [4.69, 9.17) is 0 Å². The highest BCUT2D eigenvalue weighted by molar-refractivity contribution is 7.98. The molecule has 0 fully saturated rings. The number of benzene rings is 1. The largest absolute Gasteiger partial charge is 0.269 e. The van der Waals surface area contributed by atoms with E-state index in [-0.39, 0.29) is 5.69 Å². The summed E-state index contributed by atoms with van der Waals surface area (Å²) in [5.74, 6) is 1.33. The number of aromatic nitrogens is 4. The molecule has 0 spiro atoms. The second kappa shape index (κ2) is 6.35. The van der Waals surface area contributed by atoms with Crippen molar-refractivity contribution in [1.82, 2.24) is 20.0 Å². The lowest BCUT2D eigenvalue weighted by Crippen LogP contribution is -1.99. The van der Waals surface area contributed by atoms with E-state index in [9.17, 15) is 10.1 Å². The highest BCUT2D eigenvalue weighted by Crippen LogP contribution is 2.22. The van der Waals surface area contributed by atoms with Crippen LogP contribution in [-0.4, -0.2) is 24.9 Å². The van der Waals surface area contributed by atoms with Crippen LogP contribution in [0.4, 0.5) is 5.69 Å². The lowest BCUT2D eigenvalue weighted by atomic mass is 10.2. The molecule has 2 aromatic heterocycles. The molecule has 0 aliphatic rings. The predicted molar refractivity (Wildman–Crippen MR) is 81.8 cm³/mol. The van der Waals surface area contributed by atoms with Gasteiger partial charge in [-0.25, -0.2) is 4.68 Å². The fraction of sp³-hybridized carbons (Fsp3) is 0.0714. The van der Waals surface area contributed by atoms with Crippen LogP contribution in [-0.2, 0) is 5.75 Å². The SMILES string of the molecule is O=[N+]([O-])c1ccc(CSc2ccc(-n3cccn3)nn2)cc1. The summed E-state index contributed by atoms with van der Waals surface area (Å²) < 4.78 is 1.64. The third kappa shape index (κ3) is 3.29. The summed E-state index contributed by atoms with van der Waals surface area (Å²) in [6.45, 7) is 0. The van der Waals surface area contributed by atoms with E-state index in [2.05, 4.69) is 15.3 Å².